The standard InChI is InChI=1S/C10H5F5O3S/c11-5-1-2-6(19(17,18)9(12)13)7-4(5)3-10(14,15)8(7)16/h1-2,9H,3H2. The average Bonchev–Trinajstić information content (AvgIpc) is 2.52. The highest BCUT2D eigenvalue weighted by molar-refractivity contribution is 7.91. The number of Topliss-reactive ketones (excluding diaryl/α,β-unsaturated/α-hetero) is 1. The highest BCUT2D eigenvalue weighted by Crippen LogP contribution is 2.39. The van der Waals surface area contributed by atoms with Crippen LogP contribution in [0.3, 0.4) is 0 Å². The summed E-state index contributed by atoms with van der Waals surface area (Å²) in [6.07, 6.45) is -1.33. The predicted molar refractivity (Wildman–Crippen MR) is 52.6 cm³/mol. The molecule has 1 aromatic carbocycles. The number of halogens is 5. The fourth-order valence-electron chi connectivity index (χ4n) is 1.84. The Bertz CT molecular complexity index is 666. The summed E-state index contributed by atoms with van der Waals surface area (Å²) in [5.41, 5.74) is -2.03. The highest BCUT2D eigenvalue weighted by atomic mass is 32.2. The van der Waals surface area contributed by atoms with Crippen molar-refractivity contribution in [3.63, 3.8) is 0 Å². The fraction of sp³-hybridized carbons (Fsp3) is 0.300. The van der Waals surface area contributed by atoms with E-state index >= 15 is 0 Å². The second-order valence-electron chi connectivity index (χ2n) is 3.92. The second-order valence-corrected chi connectivity index (χ2v) is 5.80. The average molecular weight is 300 g/mol. The number of carbonyl (C=O) groups is 1. The molecule has 0 radical (unpaired) electrons. The summed E-state index contributed by atoms with van der Waals surface area (Å²) < 4.78 is 87.1. The molecule has 0 saturated carbocycles. The Balaban J connectivity index is 2.78. The number of sulfone groups is 1. The smallest absolute Gasteiger partial charge is 0.287 e. The van der Waals surface area contributed by atoms with E-state index in [1.807, 2.05) is 0 Å². The molecular weight excluding hydrogens is 295 g/mol. The van der Waals surface area contributed by atoms with Gasteiger partial charge in [0, 0.05) is 17.5 Å². The summed E-state index contributed by atoms with van der Waals surface area (Å²) in [7, 11) is -5.26. The number of fused-ring (bicyclic) bond motifs is 1. The molecule has 0 N–H and O–H groups in total. The molecule has 1 aromatic rings. The molecule has 0 bridgehead atoms. The van der Waals surface area contributed by atoms with Gasteiger partial charge in [-0.15, -0.1) is 0 Å². The van der Waals surface area contributed by atoms with Gasteiger partial charge >= 0.3 is 11.7 Å². The van der Waals surface area contributed by atoms with Crippen LogP contribution < -0.4 is 0 Å². The molecule has 0 heterocycles. The number of hydrogen-bond acceptors (Lipinski definition) is 3. The summed E-state index contributed by atoms with van der Waals surface area (Å²) in [6.45, 7) is 0. The zero-order valence-electron chi connectivity index (χ0n) is 8.96. The first-order valence-electron chi connectivity index (χ1n) is 4.85. The van der Waals surface area contributed by atoms with Crippen LogP contribution in [0.25, 0.3) is 0 Å². The van der Waals surface area contributed by atoms with Crippen molar-refractivity contribution >= 4 is 15.6 Å². The van der Waals surface area contributed by atoms with Gasteiger partial charge in [-0.25, -0.2) is 12.8 Å². The molecule has 1 aliphatic rings. The van der Waals surface area contributed by atoms with Crippen molar-refractivity contribution in [3.05, 3.63) is 29.1 Å². The quantitative estimate of drug-likeness (QED) is 0.621. The zero-order chi connectivity index (χ0) is 14.6. The Labute approximate surface area is 103 Å². The maximum absolute atomic E-state index is 13.3. The van der Waals surface area contributed by atoms with E-state index in [4.69, 9.17) is 0 Å². The minimum absolute atomic E-state index is 0.398. The lowest BCUT2D eigenvalue weighted by atomic mass is 10.1. The molecular formula is C10H5F5O3S. The molecule has 0 spiro atoms. The third kappa shape index (κ3) is 1.92. The van der Waals surface area contributed by atoms with Crippen LogP contribution >= 0.6 is 0 Å². The number of hydrogen-bond donors (Lipinski definition) is 0. The van der Waals surface area contributed by atoms with E-state index in [1.165, 1.54) is 0 Å². The van der Waals surface area contributed by atoms with Gasteiger partial charge in [-0.2, -0.15) is 17.6 Å². The van der Waals surface area contributed by atoms with E-state index in [0.29, 0.717) is 12.1 Å². The topological polar surface area (TPSA) is 51.2 Å². The van der Waals surface area contributed by atoms with Gasteiger partial charge in [0.2, 0.25) is 15.6 Å². The third-order valence-electron chi connectivity index (χ3n) is 2.72. The molecule has 0 fully saturated rings. The predicted octanol–water partition coefficient (Wildman–Crippen LogP) is 2.20. The minimum atomic E-state index is -5.26. The van der Waals surface area contributed by atoms with Gasteiger partial charge in [0.05, 0.1) is 4.90 Å². The van der Waals surface area contributed by atoms with Crippen molar-refractivity contribution in [2.24, 2.45) is 0 Å². The number of carbonyl (C=O) groups excluding carboxylic acids is 1. The molecule has 0 atom stereocenters. The van der Waals surface area contributed by atoms with E-state index in [2.05, 4.69) is 0 Å². The summed E-state index contributed by atoms with van der Waals surface area (Å²) in [5, 5.41) is 0. The van der Waals surface area contributed by atoms with E-state index in [0.717, 1.165) is 0 Å². The van der Waals surface area contributed by atoms with Crippen molar-refractivity contribution in [2.75, 3.05) is 0 Å². The van der Waals surface area contributed by atoms with Crippen LogP contribution in [0.2, 0.25) is 0 Å². The minimum Gasteiger partial charge on any atom is -0.287 e. The van der Waals surface area contributed by atoms with Crippen molar-refractivity contribution in [2.45, 2.75) is 23.0 Å². The maximum atomic E-state index is 13.3. The number of benzene rings is 1. The van der Waals surface area contributed by atoms with Gasteiger partial charge in [0.1, 0.15) is 5.82 Å². The van der Waals surface area contributed by atoms with Crippen molar-refractivity contribution in [1.29, 1.82) is 0 Å². The lowest BCUT2D eigenvalue weighted by molar-refractivity contribution is 0.0164. The van der Waals surface area contributed by atoms with Crippen molar-refractivity contribution in [3.8, 4) is 0 Å². The molecule has 2 rings (SSSR count). The van der Waals surface area contributed by atoms with Crippen LogP contribution in [0.1, 0.15) is 15.9 Å². The van der Waals surface area contributed by atoms with Gasteiger partial charge in [0.15, 0.2) is 0 Å². The van der Waals surface area contributed by atoms with Crippen molar-refractivity contribution < 1.29 is 35.2 Å². The monoisotopic (exact) mass is 300 g/mol. The number of ketones is 1. The van der Waals surface area contributed by atoms with Crippen LogP contribution in [0.5, 0.6) is 0 Å². The molecule has 0 aromatic heterocycles. The first-order valence-corrected chi connectivity index (χ1v) is 6.39. The Morgan fingerprint density at radius 1 is 1.21 bits per heavy atom. The third-order valence-corrected chi connectivity index (χ3v) is 4.14. The molecule has 0 unspecified atom stereocenters. The van der Waals surface area contributed by atoms with E-state index in [9.17, 15) is 35.2 Å². The summed E-state index contributed by atoms with van der Waals surface area (Å²) >= 11 is 0. The van der Waals surface area contributed by atoms with Gasteiger partial charge in [-0.3, -0.25) is 4.79 Å². The lowest BCUT2D eigenvalue weighted by Crippen LogP contribution is -2.25. The molecule has 0 amide bonds. The lowest BCUT2D eigenvalue weighted by Gasteiger charge is -2.08. The van der Waals surface area contributed by atoms with Crippen molar-refractivity contribution in [1.82, 2.24) is 0 Å². The Hall–Kier alpha value is -1.51. The fourth-order valence-corrected chi connectivity index (χ4v) is 2.79. The van der Waals surface area contributed by atoms with Crippen LogP contribution in [0.4, 0.5) is 22.0 Å². The van der Waals surface area contributed by atoms with Crippen LogP contribution in [0.15, 0.2) is 17.0 Å². The van der Waals surface area contributed by atoms with E-state index in [1.54, 1.807) is 0 Å². The van der Waals surface area contributed by atoms with E-state index in [-0.39, 0.29) is 0 Å². The van der Waals surface area contributed by atoms with Crippen LogP contribution in [0, 0.1) is 5.82 Å². The van der Waals surface area contributed by atoms with E-state index < -0.39 is 55.6 Å². The Morgan fingerprint density at radius 2 is 1.79 bits per heavy atom. The normalized spacial score (nSPS) is 17.9. The molecule has 3 nitrogen and oxygen atoms in total. The molecule has 1 aliphatic carbocycles. The highest BCUT2D eigenvalue weighted by Gasteiger charge is 2.51. The molecule has 0 saturated heterocycles. The van der Waals surface area contributed by atoms with Crippen LogP contribution in [-0.4, -0.2) is 25.9 Å². The molecule has 104 valence electrons. The first kappa shape index (κ1) is 13.9. The number of rotatable bonds is 2. The largest absolute Gasteiger partial charge is 0.341 e. The summed E-state index contributed by atoms with van der Waals surface area (Å²) in [6, 6.07) is 0.873. The van der Waals surface area contributed by atoms with Crippen LogP contribution in [-0.2, 0) is 16.3 Å². The SMILES string of the molecule is O=C1c2c(S(=O)(=O)C(F)F)ccc(F)c2CC1(F)F. The molecule has 9 heteroatoms. The Morgan fingerprint density at radius 3 is 2.32 bits per heavy atom. The second kappa shape index (κ2) is 3.99. The van der Waals surface area contributed by atoms with Gasteiger partial charge in [-0.1, -0.05) is 0 Å². The first-order chi connectivity index (χ1) is 8.59. The van der Waals surface area contributed by atoms with Gasteiger partial charge in [0.25, 0.3) is 0 Å². The zero-order valence-corrected chi connectivity index (χ0v) is 9.78. The molecule has 19 heavy (non-hydrogen) atoms. The summed E-state index contributed by atoms with van der Waals surface area (Å²) in [5.74, 6) is -11.1. The Kier molecular flexibility index (Phi) is 2.92. The summed E-state index contributed by atoms with van der Waals surface area (Å²) in [4.78, 5) is 10.1. The van der Waals surface area contributed by atoms with Gasteiger partial charge < -0.3 is 0 Å². The maximum Gasteiger partial charge on any atom is 0.341 e. The number of alkyl halides is 4. The molecule has 0 aliphatic heterocycles. The van der Waals surface area contributed by atoms with Gasteiger partial charge in [-0.05, 0) is 12.1 Å².